The van der Waals surface area contributed by atoms with Gasteiger partial charge in [-0.1, -0.05) is 0 Å². The van der Waals surface area contributed by atoms with Gasteiger partial charge in [-0.2, -0.15) is 0 Å². The molecule has 0 unspecified atom stereocenters. The van der Waals surface area contributed by atoms with Crippen LogP contribution in [0.15, 0.2) is 35.4 Å². The Morgan fingerprint density at radius 2 is 1.93 bits per heavy atom. The number of hydrogen-bond acceptors (Lipinski definition) is 6. The lowest BCUT2D eigenvalue weighted by molar-refractivity contribution is 0.0361. The number of aromatic nitrogens is 1. The van der Waals surface area contributed by atoms with E-state index in [1.54, 1.807) is 12.1 Å². The first kappa shape index (κ1) is 18.1. The first-order chi connectivity index (χ1) is 13.1. The zero-order chi connectivity index (χ0) is 18.8. The molecule has 2 aliphatic rings. The van der Waals surface area contributed by atoms with Crippen LogP contribution in [-0.2, 0) is 4.74 Å². The van der Waals surface area contributed by atoms with Crippen molar-refractivity contribution >= 4 is 22.7 Å². The number of aliphatic hydroxyl groups is 1. The summed E-state index contributed by atoms with van der Waals surface area (Å²) in [6.07, 6.45) is 0. The van der Waals surface area contributed by atoms with Gasteiger partial charge in [0.05, 0.1) is 31.0 Å². The van der Waals surface area contributed by atoms with E-state index in [0.29, 0.717) is 29.5 Å². The van der Waals surface area contributed by atoms with Crippen LogP contribution < -0.4 is 0 Å². The molecule has 0 aliphatic carbocycles. The Morgan fingerprint density at radius 3 is 2.67 bits per heavy atom. The molecule has 1 aromatic heterocycles. The maximum absolute atomic E-state index is 13.1. The molecule has 142 valence electrons. The zero-order valence-electron chi connectivity index (χ0n) is 14.8. The predicted octanol–water partition coefficient (Wildman–Crippen LogP) is 2.84. The van der Waals surface area contributed by atoms with E-state index < -0.39 is 0 Å². The quantitative estimate of drug-likeness (QED) is 0.824. The number of halogens is 1. The van der Waals surface area contributed by atoms with E-state index in [1.807, 2.05) is 10.3 Å². The van der Waals surface area contributed by atoms with Gasteiger partial charge in [-0.25, -0.2) is 9.37 Å². The number of ether oxygens (including phenoxy) is 1. The zero-order valence-corrected chi connectivity index (χ0v) is 15.6. The van der Waals surface area contributed by atoms with Crippen molar-refractivity contribution in [2.24, 2.45) is 0 Å². The Bertz CT molecular complexity index is 859. The van der Waals surface area contributed by atoms with Crippen molar-refractivity contribution in [3.63, 3.8) is 0 Å². The average molecular weight is 388 g/mol. The van der Waals surface area contributed by atoms with Crippen molar-refractivity contribution in [3.8, 4) is 11.3 Å². The van der Waals surface area contributed by atoms with Gasteiger partial charge in [0, 0.05) is 37.1 Å². The molecule has 0 amide bonds. The van der Waals surface area contributed by atoms with Gasteiger partial charge in [-0.3, -0.25) is 10.3 Å². The summed E-state index contributed by atoms with van der Waals surface area (Å²) < 4.78 is 18.5. The summed E-state index contributed by atoms with van der Waals surface area (Å²) in [4.78, 5) is 8.74. The van der Waals surface area contributed by atoms with Gasteiger partial charge in [0.25, 0.3) is 0 Å². The number of nitrogens with zero attached hydrogens (tertiary/aromatic N) is 3. The maximum Gasteiger partial charge on any atom is 0.135 e. The molecule has 27 heavy (non-hydrogen) atoms. The highest BCUT2D eigenvalue weighted by Gasteiger charge is 2.30. The van der Waals surface area contributed by atoms with Crippen LogP contribution in [0.1, 0.15) is 5.01 Å². The number of nitrogens with one attached hydrogen (secondary N) is 1. The minimum Gasteiger partial charge on any atom is -0.510 e. The summed E-state index contributed by atoms with van der Waals surface area (Å²) in [6.45, 7) is 5.16. The number of hydrogen-bond donors (Lipinski definition) is 2. The summed E-state index contributed by atoms with van der Waals surface area (Å²) in [5, 5.41) is 21.4. The molecule has 0 atom stereocenters. The van der Waals surface area contributed by atoms with Gasteiger partial charge in [-0.15, -0.1) is 11.3 Å². The Kier molecular flexibility index (Phi) is 5.20. The molecule has 6 nitrogen and oxygen atoms in total. The minimum atomic E-state index is -0.289. The number of rotatable bonds is 5. The molecular weight excluding hydrogens is 367 g/mol. The Hall–Kier alpha value is -2.29. The molecular formula is C19H21FN4O2S. The van der Waals surface area contributed by atoms with Crippen LogP contribution in [0.3, 0.4) is 0 Å². The molecule has 1 fully saturated rings. The normalized spacial score (nSPS) is 18.6. The molecule has 3 heterocycles. The van der Waals surface area contributed by atoms with Gasteiger partial charge < -0.3 is 14.7 Å². The highest BCUT2D eigenvalue weighted by molar-refractivity contribution is 7.11. The summed E-state index contributed by atoms with van der Waals surface area (Å²) in [5.41, 5.74) is 2.03. The second-order valence-corrected chi connectivity index (χ2v) is 7.45. The van der Waals surface area contributed by atoms with Crippen molar-refractivity contribution in [3.05, 3.63) is 46.2 Å². The van der Waals surface area contributed by atoms with Crippen molar-refractivity contribution in [2.75, 3.05) is 45.9 Å². The lowest BCUT2D eigenvalue weighted by atomic mass is 10.2. The first-order valence-corrected chi connectivity index (χ1v) is 9.77. The number of amidine groups is 1. The smallest absolute Gasteiger partial charge is 0.135 e. The molecule has 1 aromatic carbocycles. The second-order valence-electron chi connectivity index (χ2n) is 6.59. The van der Waals surface area contributed by atoms with Crippen LogP contribution in [-0.4, -0.2) is 71.7 Å². The molecule has 4 rings (SSSR count). The molecule has 8 heteroatoms. The fraction of sp³-hybridized carbons (Fsp3) is 0.368. The average Bonchev–Trinajstić information content (AvgIpc) is 3.26. The highest BCUT2D eigenvalue weighted by atomic mass is 32.1. The third-order valence-corrected chi connectivity index (χ3v) is 5.69. The highest BCUT2D eigenvalue weighted by Crippen LogP contribution is 2.32. The number of thiazole rings is 1. The van der Waals surface area contributed by atoms with Crippen LogP contribution in [0.2, 0.25) is 0 Å². The molecule has 0 spiro atoms. The fourth-order valence-electron chi connectivity index (χ4n) is 3.28. The molecule has 2 aliphatic heterocycles. The van der Waals surface area contributed by atoms with Crippen LogP contribution in [0.4, 0.5) is 4.39 Å². The number of morpholine rings is 1. The second kappa shape index (κ2) is 7.75. The third-order valence-electron chi connectivity index (χ3n) is 4.83. The van der Waals surface area contributed by atoms with E-state index >= 15 is 0 Å². The maximum atomic E-state index is 13.1. The van der Waals surface area contributed by atoms with E-state index in [9.17, 15) is 9.50 Å². The van der Waals surface area contributed by atoms with Crippen molar-refractivity contribution in [1.82, 2.24) is 14.8 Å². The standard InChI is InChI=1S/C19H21FN4O2S/c20-14-3-1-13(2-4-14)15-12-27-19(22-15)17-16(25)11-24(18(17)21)6-5-23-7-9-26-10-8-23/h1-4,12,21,25H,5-11H2. The van der Waals surface area contributed by atoms with Crippen LogP contribution in [0.5, 0.6) is 0 Å². The number of benzene rings is 1. The van der Waals surface area contributed by atoms with Crippen LogP contribution >= 0.6 is 11.3 Å². The molecule has 1 saturated heterocycles. The van der Waals surface area contributed by atoms with E-state index in [-0.39, 0.29) is 11.6 Å². The van der Waals surface area contributed by atoms with E-state index in [2.05, 4.69) is 9.88 Å². The van der Waals surface area contributed by atoms with E-state index in [1.165, 1.54) is 23.5 Å². The first-order valence-electron chi connectivity index (χ1n) is 8.90. The van der Waals surface area contributed by atoms with Crippen molar-refractivity contribution in [2.45, 2.75) is 0 Å². The largest absolute Gasteiger partial charge is 0.510 e. The van der Waals surface area contributed by atoms with Gasteiger partial charge in [0.1, 0.15) is 22.4 Å². The van der Waals surface area contributed by atoms with Crippen LogP contribution in [0.25, 0.3) is 16.8 Å². The monoisotopic (exact) mass is 388 g/mol. The molecule has 2 aromatic rings. The summed E-state index contributed by atoms with van der Waals surface area (Å²) in [5.74, 6) is 0.200. The SMILES string of the molecule is N=C1C(c2nc(-c3ccc(F)cc3)cs2)=C(O)CN1CCN1CCOCC1. The predicted molar refractivity (Wildman–Crippen MR) is 104 cm³/mol. The van der Waals surface area contributed by atoms with Crippen molar-refractivity contribution in [1.29, 1.82) is 5.41 Å². The fourth-order valence-corrected chi connectivity index (χ4v) is 4.17. The summed E-state index contributed by atoms with van der Waals surface area (Å²) in [6, 6.07) is 6.15. The third kappa shape index (κ3) is 3.87. The topological polar surface area (TPSA) is 72.7 Å². The summed E-state index contributed by atoms with van der Waals surface area (Å²) >= 11 is 1.38. The lowest BCUT2D eigenvalue weighted by Crippen LogP contribution is -2.42. The Balaban J connectivity index is 1.45. The Labute approximate surface area is 161 Å². The van der Waals surface area contributed by atoms with Gasteiger partial charge in [0.15, 0.2) is 0 Å². The molecule has 0 saturated carbocycles. The number of aliphatic hydroxyl groups excluding tert-OH is 1. The Morgan fingerprint density at radius 1 is 1.19 bits per heavy atom. The van der Waals surface area contributed by atoms with Gasteiger partial charge >= 0.3 is 0 Å². The minimum absolute atomic E-state index is 0.182. The van der Waals surface area contributed by atoms with Gasteiger partial charge in [-0.05, 0) is 24.3 Å². The van der Waals surface area contributed by atoms with Gasteiger partial charge in [0.2, 0.25) is 0 Å². The lowest BCUT2D eigenvalue weighted by Gasteiger charge is -2.29. The molecule has 0 radical (unpaired) electrons. The van der Waals surface area contributed by atoms with Crippen LogP contribution in [0, 0.1) is 11.2 Å². The summed E-state index contributed by atoms with van der Waals surface area (Å²) in [7, 11) is 0. The van der Waals surface area contributed by atoms with E-state index in [4.69, 9.17) is 10.1 Å². The molecule has 0 bridgehead atoms. The van der Waals surface area contributed by atoms with E-state index in [0.717, 1.165) is 44.1 Å². The van der Waals surface area contributed by atoms with Crippen molar-refractivity contribution < 1.29 is 14.2 Å². The molecule has 2 N–H and O–H groups in total.